The van der Waals surface area contributed by atoms with Crippen molar-refractivity contribution in [1.82, 2.24) is 0 Å². The molecule has 27 valence electrons. The summed E-state index contributed by atoms with van der Waals surface area (Å²) in [6.07, 6.45) is 1.17. The highest BCUT2D eigenvalue weighted by atomic mass is 16.3. The van der Waals surface area contributed by atoms with Gasteiger partial charge in [-0.05, 0) is 6.08 Å². The lowest BCUT2D eigenvalue weighted by atomic mass is 10.6. The third-order valence-electron chi connectivity index (χ3n) is 0.228. The highest BCUT2D eigenvalue weighted by molar-refractivity contribution is 4.98. The van der Waals surface area contributed by atoms with E-state index >= 15 is 0 Å². The lowest BCUT2D eigenvalue weighted by molar-refractivity contribution is 0.318. The maximum absolute atomic E-state index is 9.58. The van der Waals surface area contributed by atoms with Crippen molar-refractivity contribution in [3.63, 3.8) is 0 Å². The summed E-state index contributed by atoms with van der Waals surface area (Å²) < 4.78 is 0. The van der Waals surface area contributed by atoms with E-state index in [1.807, 2.05) is 0 Å². The molecule has 0 rings (SSSR count). The summed E-state index contributed by atoms with van der Waals surface area (Å²) >= 11 is 0. The van der Waals surface area contributed by atoms with Gasteiger partial charge in [0.15, 0.2) is 5.76 Å². The SMILES string of the molecule is C=CC(=C)[O]. The van der Waals surface area contributed by atoms with Gasteiger partial charge in [0, 0.05) is 0 Å². The molecule has 0 heterocycles. The largest absolute Gasteiger partial charge is 0.291 e. The van der Waals surface area contributed by atoms with Gasteiger partial charge in [-0.1, -0.05) is 13.2 Å². The standard InChI is InChI=1S/C4H5O/c1-3-4(2)5/h3H,1-2H2. The highest BCUT2D eigenvalue weighted by Crippen LogP contribution is 1.77. The molecule has 0 amide bonds. The average Bonchev–Trinajstić information content (AvgIpc) is 1.38. The molecule has 1 heteroatoms. The molecule has 0 fully saturated rings. The highest BCUT2D eigenvalue weighted by Gasteiger charge is 1.68. The van der Waals surface area contributed by atoms with Crippen LogP contribution in [0.2, 0.25) is 0 Å². The fraction of sp³-hybridized carbons (Fsp3) is 0. The molecule has 1 radical (unpaired) electrons. The molecule has 0 unspecified atom stereocenters. The summed E-state index contributed by atoms with van der Waals surface area (Å²) in [5.74, 6) is -0.231. The van der Waals surface area contributed by atoms with E-state index in [9.17, 15) is 5.11 Å². The Labute approximate surface area is 31.2 Å². The number of hydrogen-bond donors (Lipinski definition) is 0. The van der Waals surface area contributed by atoms with E-state index in [4.69, 9.17) is 0 Å². The normalized spacial score (nSPS) is 6.40. The van der Waals surface area contributed by atoms with E-state index in [0.717, 1.165) is 0 Å². The van der Waals surface area contributed by atoms with Crippen LogP contribution in [-0.2, 0) is 5.11 Å². The summed E-state index contributed by atoms with van der Waals surface area (Å²) in [7, 11) is 0. The summed E-state index contributed by atoms with van der Waals surface area (Å²) in [4.78, 5) is 0. The van der Waals surface area contributed by atoms with Gasteiger partial charge < -0.3 is 0 Å². The first-order valence-corrected chi connectivity index (χ1v) is 1.25. The number of rotatable bonds is 1. The van der Waals surface area contributed by atoms with Crippen LogP contribution in [0.5, 0.6) is 0 Å². The maximum atomic E-state index is 9.58. The molecule has 0 aromatic rings. The number of allylic oxidation sites excluding steroid dienone is 1. The molecular weight excluding hydrogens is 64.0 g/mol. The van der Waals surface area contributed by atoms with Crippen LogP contribution in [0.3, 0.4) is 0 Å². The molecule has 0 saturated heterocycles. The quantitative estimate of drug-likeness (QED) is 0.325. The Kier molecular flexibility index (Phi) is 1.36. The van der Waals surface area contributed by atoms with Crippen LogP contribution in [0.4, 0.5) is 0 Å². The molecule has 5 heavy (non-hydrogen) atoms. The first-order valence-electron chi connectivity index (χ1n) is 1.25. The van der Waals surface area contributed by atoms with Gasteiger partial charge in [-0.2, -0.15) is 0 Å². The summed E-state index contributed by atoms with van der Waals surface area (Å²) in [5, 5.41) is 9.58. The van der Waals surface area contributed by atoms with Crippen LogP contribution < -0.4 is 0 Å². The Bertz CT molecular complexity index is 54.7. The predicted molar refractivity (Wildman–Crippen MR) is 20.0 cm³/mol. The maximum Gasteiger partial charge on any atom is 0.170 e. The smallest absolute Gasteiger partial charge is 0.170 e. The molecule has 0 aromatic carbocycles. The lowest BCUT2D eigenvalue weighted by Crippen LogP contribution is -1.55. The molecule has 0 aromatic heterocycles. The van der Waals surface area contributed by atoms with Crippen molar-refractivity contribution in [2.45, 2.75) is 0 Å². The van der Waals surface area contributed by atoms with E-state index in [1.165, 1.54) is 6.08 Å². The van der Waals surface area contributed by atoms with Crippen LogP contribution in [-0.4, -0.2) is 0 Å². The molecule has 0 aliphatic heterocycles. The topological polar surface area (TPSA) is 19.9 Å². The lowest BCUT2D eigenvalue weighted by Gasteiger charge is -1.65. The van der Waals surface area contributed by atoms with Gasteiger partial charge >= 0.3 is 0 Å². The zero-order valence-corrected chi connectivity index (χ0v) is 2.90. The molecular formula is C4H5O. The molecule has 0 atom stereocenters. The predicted octanol–water partition coefficient (Wildman–Crippen LogP) is 1.12. The van der Waals surface area contributed by atoms with Gasteiger partial charge in [0.1, 0.15) is 0 Å². The van der Waals surface area contributed by atoms with Crippen LogP contribution in [0.25, 0.3) is 0 Å². The van der Waals surface area contributed by atoms with Crippen molar-refractivity contribution >= 4 is 0 Å². The second-order valence-electron chi connectivity index (χ2n) is 0.670. The fourth-order valence-electron chi connectivity index (χ4n) is 0. The van der Waals surface area contributed by atoms with Crippen molar-refractivity contribution in [3.05, 3.63) is 25.0 Å². The first-order chi connectivity index (χ1) is 2.27. The minimum Gasteiger partial charge on any atom is -0.291 e. The van der Waals surface area contributed by atoms with Crippen molar-refractivity contribution in [2.24, 2.45) is 0 Å². The van der Waals surface area contributed by atoms with Gasteiger partial charge in [-0.15, -0.1) is 0 Å². The molecule has 0 aliphatic carbocycles. The molecule has 0 N–H and O–H groups in total. The molecule has 1 nitrogen and oxygen atoms in total. The van der Waals surface area contributed by atoms with E-state index in [0.29, 0.717) is 0 Å². The Balaban J connectivity index is 3.20. The number of hydrogen-bond acceptors (Lipinski definition) is 0. The van der Waals surface area contributed by atoms with E-state index in [1.54, 1.807) is 0 Å². The van der Waals surface area contributed by atoms with Gasteiger partial charge in [0.25, 0.3) is 0 Å². The minimum atomic E-state index is -0.231. The van der Waals surface area contributed by atoms with Gasteiger partial charge in [0.05, 0.1) is 0 Å². The Hall–Kier alpha value is -0.720. The average molecular weight is 69.1 g/mol. The second kappa shape index (κ2) is 1.58. The zero-order chi connectivity index (χ0) is 4.28. The summed E-state index contributed by atoms with van der Waals surface area (Å²) in [6.45, 7) is 6.15. The fourth-order valence-corrected chi connectivity index (χ4v) is 0. The van der Waals surface area contributed by atoms with E-state index < -0.39 is 0 Å². The molecule has 0 saturated carbocycles. The first kappa shape index (κ1) is 4.28. The van der Waals surface area contributed by atoms with Crippen LogP contribution in [0.15, 0.2) is 25.0 Å². The van der Waals surface area contributed by atoms with Crippen LogP contribution >= 0.6 is 0 Å². The zero-order valence-electron chi connectivity index (χ0n) is 2.90. The van der Waals surface area contributed by atoms with Gasteiger partial charge in [-0.25, -0.2) is 0 Å². The van der Waals surface area contributed by atoms with E-state index in [-0.39, 0.29) is 5.76 Å². The van der Waals surface area contributed by atoms with Crippen molar-refractivity contribution in [2.75, 3.05) is 0 Å². The van der Waals surface area contributed by atoms with Crippen molar-refractivity contribution in [3.8, 4) is 0 Å². The van der Waals surface area contributed by atoms with Crippen LogP contribution in [0, 0.1) is 0 Å². The van der Waals surface area contributed by atoms with Gasteiger partial charge in [-0.3, -0.25) is 5.11 Å². The Morgan fingerprint density at radius 1 is 1.80 bits per heavy atom. The third-order valence-corrected chi connectivity index (χ3v) is 0.228. The monoisotopic (exact) mass is 69.0 g/mol. The van der Waals surface area contributed by atoms with Crippen molar-refractivity contribution < 1.29 is 5.11 Å². The van der Waals surface area contributed by atoms with Crippen molar-refractivity contribution in [1.29, 1.82) is 0 Å². The minimum absolute atomic E-state index is 0.231. The van der Waals surface area contributed by atoms with Gasteiger partial charge in [0.2, 0.25) is 0 Å². The Morgan fingerprint density at radius 2 is 2.00 bits per heavy atom. The van der Waals surface area contributed by atoms with E-state index in [2.05, 4.69) is 13.2 Å². The third kappa shape index (κ3) is 3.28. The Morgan fingerprint density at radius 3 is 2.00 bits per heavy atom. The summed E-state index contributed by atoms with van der Waals surface area (Å²) in [6, 6.07) is 0. The molecule has 0 aliphatic rings. The summed E-state index contributed by atoms with van der Waals surface area (Å²) in [5.41, 5.74) is 0. The molecule has 0 spiro atoms. The second-order valence-corrected chi connectivity index (χ2v) is 0.670. The van der Waals surface area contributed by atoms with Crippen LogP contribution in [0.1, 0.15) is 0 Å². The molecule has 0 bridgehead atoms.